The average molecular weight is 712 g/mol. The van der Waals surface area contributed by atoms with Gasteiger partial charge in [0.15, 0.2) is 0 Å². The van der Waals surface area contributed by atoms with Crippen LogP contribution in [0.25, 0.3) is 17.4 Å². The Balaban J connectivity index is 1.20. The van der Waals surface area contributed by atoms with Gasteiger partial charge < -0.3 is 20.4 Å². The molecule has 3 amide bonds. The van der Waals surface area contributed by atoms with E-state index in [0.29, 0.717) is 33.5 Å². The highest BCUT2D eigenvalue weighted by Crippen LogP contribution is 2.37. The first-order valence-electron chi connectivity index (χ1n) is 16.2. The molecule has 0 saturated heterocycles. The van der Waals surface area contributed by atoms with Crippen LogP contribution < -0.4 is 16.0 Å². The molecule has 0 aliphatic rings. The van der Waals surface area contributed by atoms with Crippen LogP contribution in [0.4, 0.5) is 11.4 Å². The molecule has 0 radical (unpaired) electrons. The predicted octanol–water partition coefficient (Wildman–Crippen LogP) is 10.1. The normalized spacial score (nSPS) is 11.8. The van der Waals surface area contributed by atoms with Gasteiger partial charge in [0.2, 0.25) is 5.91 Å². The zero-order valence-corrected chi connectivity index (χ0v) is 29.4. The molecule has 1 heterocycles. The molecule has 1 aromatic heterocycles. The minimum atomic E-state index is -0.562. The largest absolute Gasteiger partial charge is 0.457 e. The van der Waals surface area contributed by atoms with Crippen molar-refractivity contribution in [3.05, 3.63) is 178 Å². The summed E-state index contributed by atoms with van der Waals surface area (Å²) >= 11 is 7.68. The molecule has 51 heavy (non-hydrogen) atoms. The van der Waals surface area contributed by atoms with Crippen LogP contribution in [0.5, 0.6) is 0 Å². The van der Waals surface area contributed by atoms with E-state index in [1.807, 2.05) is 105 Å². The maximum absolute atomic E-state index is 13.7. The SMILES string of the molecule is Cc1ccc(-c2ccc(/C=C(\NC(=O)c3ccccc3)C(=O)Nc3ccc(S[C@H](C(=O)Nc4ccc(C)c(Cl)c4)c4ccccc4)cc3)o2)cc1. The molecule has 7 nitrogen and oxygen atoms in total. The molecular formula is C42H34ClN3O4S. The van der Waals surface area contributed by atoms with Gasteiger partial charge >= 0.3 is 0 Å². The highest BCUT2D eigenvalue weighted by molar-refractivity contribution is 8.00. The van der Waals surface area contributed by atoms with E-state index in [1.165, 1.54) is 17.8 Å². The van der Waals surface area contributed by atoms with Crippen molar-refractivity contribution in [1.29, 1.82) is 0 Å². The molecule has 6 rings (SSSR count). The van der Waals surface area contributed by atoms with E-state index in [1.54, 1.807) is 48.5 Å². The monoisotopic (exact) mass is 711 g/mol. The Labute approximate surface area is 305 Å². The van der Waals surface area contributed by atoms with Gasteiger partial charge in [-0.05, 0) is 85.6 Å². The molecule has 0 spiro atoms. The average Bonchev–Trinajstić information content (AvgIpc) is 3.62. The number of rotatable bonds is 11. The van der Waals surface area contributed by atoms with Gasteiger partial charge in [-0.15, -0.1) is 11.8 Å². The zero-order valence-electron chi connectivity index (χ0n) is 27.9. The van der Waals surface area contributed by atoms with Crippen molar-refractivity contribution in [1.82, 2.24) is 5.32 Å². The van der Waals surface area contributed by atoms with Crippen molar-refractivity contribution in [3.63, 3.8) is 0 Å². The summed E-state index contributed by atoms with van der Waals surface area (Å²) in [5.41, 5.74) is 5.30. The molecule has 0 aliphatic carbocycles. The molecule has 6 aromatic rings. The Morgan fingerprint density at radius 3 is 2.08 bits per heavy atom. The third kappa shape index (κ3) is 9.25. The Kier molecular flexibility index (Phi) is 11.2. The lowest BCUT2D eigenvalue weighted by atomic mass is 10.1. The number of thioether (sulfide) groups is 1. The second-order valence-electron chi connectivity index (χ2n) is 11.8. The second kappa shape index (κ2) is 16.3. The Bertz CT molecular complexity index is 2180. The fourth-order valence-corrected chi connectivity index (χ4v) is 6.32. The number of halogens is 1. The van der Waals surface area contributed by atoms with Crippen LogP contribution in [-0.4, -0.2) is 17.7 Å². The Morgan fingerprint density at radius 2 is 1.39 bits per heavy atom. The number of carbonyl (C=O) groups is 3. The molecule has 3 N–H and O–H groups in total. The fraction of sp³-hybridized carbons (Fsp3) is 0.0714. The molecule has 0 bridgehead atoms. The molecule has 0 aliphatic heterocycles. The van der Waals surface area contributed by atoms with E-state index in [2.05, 4.69) is 16.0 Å². The summed E-state index contributed by atoms with van der Waals surface area (Å²) in [5.74, 6) is -0.142. The molecule has 5 aromatic carbocycles. The van der Waals surface area contributed by atoms with E-state index in [4.69, 9.17) is 16.0 Å². The van der Waals surface area contributed by atoms with Crippen LogP contribution in [0.3, 0.4) is 0 Å². The molecule has 9 heteroatoms. The summed E-state index contributed by atoms with van der Waals surface area (Å²) in [6, 6.07) is 42.2. The van der Waals surface area contributed by atoms with Crippen LogP contribution in [0.15, 0.2) is 155 Å². The van der Waals surface area contributed by atoms with E-state index in [0.717, 1.165) is 27.1 Å². The third-order valence-corrected chi connectivity index (χ3v) is 9.60. The van der Waals surface area contributed by atoms with Gasteiger partial charge in [-0.25, -0.2) is 0 Å². The molecule has 1 atom stereocenters. The van der Waals surface area contributed by atoms with Crippen molar-refractivity contribution < 1.29 is 18.8 Å². The molecule has 0 unspecified atom stereocenters. The third-order valence-electron chi connectivity index (χ3n) is 7.92. The lowest BCUT2D eigenvalue weighted by Gasteiger charge is -2.18. The fourth-order valence-electron chi connectivity index (χ4n) is 5.12. The van der Waals surface area contributed by atoms with E-state index < -0.39 is 17.1 Å². The first-order valence-corrected chi connectivity index (χ1v) is 17.4. The quantitative estimate of drug-likeness (QED) is 0.0918. The number of benzene rings is 5. The van der Waals surface area contributed by atoms with Crippen molar-refractivity contribution in [2.75, 3.05) is 10.6 Å². The summed E-state index contributed by atoms with van der Waals surface area (Å²) < 4.78 is 6.03. The number of hydrogen-bond donors (Lipinski definition) is 3. The van der Waals surface area contributed by atoms with Gasteiger partial charge in [0.1, 0.15) is 22.5 Å². The molecule has 0 fully saturated rings. The van der Waals surface area contributed by atoms with E-state index in [9.17, 15) is 14.4 Å². The van der Waals surface area contributed by atoms with Crippen LogP contribution in [-0.2, 0) is 9.59 Å². The number of anilines is 2. The van der Waals surface area contributed by atoms with Gasteiger partial charge in [0, 0.05) is 38.5 Å². The van der Waals surface area contributed by atoms with Crippen LogP contribution in [0, 0.1) is 13.8 Å². The lowest BCUT2D eigenvalue weighted by Crippen LogP contribution is -2.30. The Morgan fingerprint density at radius 1 is 0.725 bits per heavy atom. The summed E-state index contributed by atoms with van der Waals surface area (Å²) in [6.07, 6.45) is 1.50. The number of carbonyl (C=O) groups excluding carboxylic acids is 3. The van der Waals surface area contributed by atoms with Crippen molar-refractivity contribution in [2.24, 2.45) is 0 Å². The van der Waals surface area contributed by atoms with Gasteiger partial charge in [-0.2, -0.15) is 0 Å². The molecule has 254 valence electrons. The van der Waals surface area contributed by atoms with Gasteiger partial charge in [-0.1, -0.05) is 96.0 Å². The topological polar surface area (TPSA) is 100 Å². The van der Waals surface area contributed by atoms with Crippen molar-refractivity contribution in [2.45, 2.75) is 24.0 Å². The first-order chi connectivity index (χ1) is 24.7. The minimum Gasteiger partial charge on any atom is -0.457 e. The highest BCUT2D eigenvalue weighted by Gasteiger charge is 2.23. The highest BCUT2D eigenvalue weighted by atomic mass is 35.5. The standard InChI is InChI=1S/C42H34ClN3O4S/c1-27-13-16-29(17-14-27)38-24-21-34(50-38)26-37(46-40(47)31-11-7-4-8-12-31)41(48)44-32-19-22-35(23-20-32)51-39(30-9-5-3-6-10-30)42(49)45-33-18-15-28(2)36(43)25-33/h3-26,39H,1-2H3,(H,44,48)(H,45,49)(H,46,47)/b37-26-/t39-/m0/s1. The maximum atomic E-state index is 13.7. The van der Waals surface area contributed by atoms with Crippen LogP contribution in [0.2, 0.25) is 5.02 Å². The zero-order chi connectivity index (χ0) is 35.7. The smallest absolute Gasteiger partial charge is 0.272 e. The number of hydrogen-bond acceptors (Lipinski definition) is 5. The van der Waals surface area contributed by atoms with Gasteiger partial charge in [0.25, 0.3) is 11.8 Å². The van der Waals surface area contributed by atoms with Crippen LogP contribution >= 0.6 is 23.4 Å². The first kappa shape index (κ1) is 35.0. The summed E-state index contributed by atoms with van der Waals surface area (Å²) in [5, 5.41) is 8.62. The van der Waals surface area contributed by atoms with Crippen LogP contribution in [0.1, 0.15) is 38.1 Å². The number of amides is 3. The lowest BCUT2D eigenvalue weighted by molar-refractivity contribution is -0.116. The molecule has 0 saturated carbocycles. The molecular weight excluding hydrogens is 678 g/mol. The number of nitrogens with one attached hydrogen (secondary N) is 3. The minimum absolute atomic E-state index is 0.00383. The summed E-state index contributed by atoms with van der Waals surface area (Å²) in [4.78, 5) is 41.1. The maximum Gasteiger partial charge on any atom is 0.272 e. The van der Waals surface area contributed by atoms with E-state index in [-0.39, 0.29) is 11.6 Å². The van der Waals surface area contributed by atoms with Crippen molar-refractivity contribution >= 4 is 58.5 Å². The van der Waals surface area contributed by atoms with E-state index >= 15 is 0 Å². The number of aryl methyl sites for hydroxylation is 2. The summed E-state index contributed by atoms with van der Waals surface area (Å²) in [6.45, 7) is 3.92. The Hall–Kier alpha value is -5.83. The van der Waals surface area contributed by atoms with Gasteiger partial charge in [-0.3, -0.25) is 14.4 Å². The summed E-state index contributed by atoms with van der Waals surface area (Å²) in [7, 11) is 0. The predicted molar refractivity (Wildman–Crippen MR) is 206 cm³/mol. The number of furan rings is 1. The second-order valence-corrected chi connectivity index (χ2v) is 13.4. The van der Waals surface area contributed by atoms with Crippen molar-refractivity contribution in [3.8, 4) is 11.3 Å². The van der Waals surface area contributed by atoms with Gasteiger partial charge in [0.05, 0.1) is 0 Å².